The molecule has 0 heterocycles. The van der Waals surface area contributed by atoms with Gasteiger partial charge in [-0.2, -0.15) is 0 Å². The highest BCUT2D eigenvalue weighted by atomic mass is 32.2. The fourth-order valence-electron chi connectivity index (χ4n) is 4.01. The second-order valence-corrected chi connectivity index (χ2v) is 11.7. The first-order valence-corrected chi connectivity index (χ1v) is 14.4. The third-order valence-electron chi connectivity index (χ3n) is 6.35. The van der Waals surface area contributed by atoms with Crippen molar-refractivity contribution in [2.45, 2.75) is 78.9 Å². The van der Waals surface area contributed by atoms with Gasteiger partial charge in [0, 0.05) is 12.6 Å². The first-order valence-electron chi connectivity index (χ1n) is 12.6. The third kappa shape index (κ3) is 8.08. The molecule has 0 unspecified atom stereocenters. The third-order valence-corrected chi connectivity index (χ3v) is 7.49. The van der Waals surface area contributed by atoms with E-state index >= 15 is 0 Å². The van der Waals surface area contributed by atoms with Gasteiger partial charge in [-0.1, -0.05) is 69.7 Å². The first-order chi connectivity index (χ1) is 16.9. The molecule has 0 aliphatic carbocycles. The van der Waals surface area contributed by atoms with Crippen molar-refractivity contribution in [1.29, 1.82) is 0 Å². The maximum atomic E-state index is 13.7. The minimum absolute atomic E-state index is 0.0329. The monoisotopic (exact) mass is 515 g/mol. The van der Waals surface area contributed by atoms with Gasteiger partial charge >= 0.3 is 0 Å². The smallest absolute Gasteiger partial charge is 0.244 e. The van der Waals surface area contributed by atoms with Crippen LogP contribution in [0.3, 0.4) is 0 Å². The number of carbonyl (C=O) groups excluding carboxylic acids is 2. The van der Waals surface area contributed by atoms with Crippen LogP contribution in [0.2, 0.25) is 0 Å². The van der Waals surface area contributed by atoms with Gasteiger partial charge in [0.25, 0.3) is 0 Å². The summed E-state index contributed by atoms with van der Waals surface area (Å²) in [4.78, 5) is 28.4. The summed E-state index contributed by atoms with van der Waals surface area (Å²) in [5.41, 5.74) is 3.42. The first kappa shape index (κ1) is 29.4. The van der Waals surface area contributed by atoms with Crippen LogP contribution < -0.4 is 9.62 Å². The lowest BCUT2D eigenvalue weighted by molar-refractivity contribution is -0.140. The number of benzene rings is 2. The summed E-state index contributed by atoms with van der Waals surface area (Å²) in [7, 11) is -3.75. The molecule has 8 heteroatoms. The SMILES string of the molecule is CC[C@H](C(=O)N[C@@H](C)CC)N(Cc1cccc(C)c1)C(=O)CN(c1ccc(C(C)C)cc1)S(C)(=O)=O. The van der Waals surface area contributed by atoms with E-state index in [0.29, 0.717) is 18.0 Å². The van der Waals surface area contributed by atoms with E-state index in [2.05, 4.69) is 19.2 Å². The Morgan fingerprint density at radius 3 is 2.11 bits per heavy atom. The molecule has 0 spiro atoms. The highest BCUT2D eigenvalue weighted by Gasteiger charge is 2.32. The van der Waals surface area contributed by atoms with Gasteiger partial charge in [0.05, 0.1) is 11.9 Å². The molecular weight excluding hydrogens is 474 g/mol. The second kappa shape index (κ2) is 12.9. The Morgan fingerprint density at radius 2 is 1.61 bits per heavy atom. The Kier molecular flexibility index (Phi) is 10.5. The number of carbonyl (C=O) groups is 2. The van der Waals surface area contributed by atoms with Crippen LogP contribution in [0.4, 0.5) is 5.69 Å². The summed E-state index contributed by atoms with van der Waals surface area (Å²) >= 11 is 0. The van der Waals surface area contributed by atoms with E-state index in [0.717, 1.165) is 33.7 Å². The van der Waals surface area contributed by atoms with Crippen molar-refractivity contribution in [2.24, 2.45) is 0 Å². The normalized spacial score (nSPS) is 13.2. The summed E-state index contributed by atoms with van der Waals surface area (Å²) in [5.74, 6) is -0.368. The van der Waals surface area contributed by atoms with Gasteiger partial charge in [-0.15, -0.1) is 0 Å². The predicted octanol–water partition coefficient (Wildman–Crippen LogP) is 4.61. The topological polar surface area (TPSA) is 86.8 Å². The molecule has 0 radical (unpaired) electrons. The van der Waals surface area contributed by atoms with Crippen molar-refractivity contribution in [3.63, 3.8) is 0 Å². The summed E-state index contributed by atoms with van der Waals surface area (Å²) in [5, 5.41) is 2.98. The molecule has 198 valence electrons. The standard InChI is InChI=1S/C28H41N3O4S/c1-8-22(6)29-28(33)26(9-2)30(18-23-12-10-11-21(5)17-23)27(32)19-31(36(7,34)35)25-15-13-24(14-16-25)20(3)4/h10-17,20,22,26H,8-9,18-19H2,1-7H3,(H,29,33)/t22-,26+/m0/s1. The Hall–Kier alpha value is -2.87. The van der Waals surface area contributed by atoms with E-state index in [1.807, 2.05) is 64.1 Å². The number of rotatable bonds is 12. The van der Waals surface area contributed by atoms with Crippen molar-refractivity contribution in [3.8, 4) is 0 Å². The number of aryl methyl sites for hydroxylation is 1. The van der Waals surface area contributed by atoms with E-state index in [4.69, 9.17) is 0 Å². The number of nitrogens with zero attached hydrogens (tertiary/aromatic N) is 2. The van der Waals surface area contributed by atoms with Crippen LogP contribution in [0.5, 0.6) is 0 Å². The van der Waals surface area contributed by atoms with E-state index in [9.17, 15) is 18.0 Å². The van der Waals surface area contributed by atoms with Gasteiger partial charge in [-0.3, -0.25) is 13.9 Å². The molecule has 1 N–H and O–H groups in total. The van der Waals surface area contributed by atoms with Crippen molar-refractivity contribution >= 4 is 27.5 Å². The molecule has 2 amide bonds. The molecule has 0 saturated carbocycles. The molecule has 0 bridgehead atoms. The van der Waals surface area contributed by atoms with Crippen LogP contribution in [0.15, 0.2) is 48.5 Å². The number of nitrogens with one attached hydrogen (secondary N) is 1. The lowest BCUT2D eigenvalue weighted by atomic mass is 10.0. The van der Waals surface area contributed by atoms with Crippen LogP contribution in [-0.4, -0.2) is 50.0 Å². The zero-order chi connectivity index (χ0) is 27.0. The van der Waals surface area contributed by atoms with Crippen molar-refractivity contribution in [2.75, 3.05) is 17.1 Å². The summed E-state index contributed by atoms with van der Waals surface area (Å²) < 4.78 is 26.6. The Labute approximate surface area is 216 Å². The highest BCUT2D eigenvalue weighted by Crippen LogP contribution is 2.23. The summed E-state index contributed by atoms with van der Waals surface area (Å²) in [6.07, 6.45) is 2.26. The van der Waals surface area contributed by atoms with E-state index in [1.165, 1.54) is 4.90 Å². The number of anilines is 1. The van der Waals surface area contributed by atoms with E-state index < -0.39 is 28.5 Å². The molecule has 2 rings (SSSR count). The van der Waals surface area contributed by atoms with E-state index in [1.54, 1.807) is 12.1 Å². The second-order valence-electron chi connectivity index (χ2n) is 9.77. The lowest BCUT2D eigenvalue weighted by Crippen LogP contribution is -2.53. The minimum atomic E-state index is -3.75. The zero-order valence-corrected chi connectivity index (χ0v) is 23.4. The molecule has 2 atom stereocenters. The zero-order valence-electron chi connectivity index (χ0n) is 22.6. The fourth-order valence-corrected chi connectivity index (χ4v) is 4.86. The number of amides is 2. The number of hydrogen-bond acceptors (Lipinski definition) is 4. The van der Waals surface area contributed by atoms with Crippen LogP contribution in [0.25, 0.3) is 0 Å². The summed E-state index contributed by atoms with van der Waals surface area (Å²) in [6.45, 7) is 11.7. The predicted molar refractivity (Wildman–Crippen MR) is 146 cm³/mol. The molecule has 2 aromatic rings. The molecule has 0 aliphatic heterocycles. The number of sulfonamides is 1. The molecule has 7 nitrogen and oxygen atoms in total. The largest absolute Gasteiger partial charge is 0.352 e. The highest BCUT2D eigenvalue weighted by molar-refractivity contribution is 7.92. The minimum Gasteiger partial charge on any atom is -0.352 e. The van der Waals surface area contributed by atoms with Crippen LogP contribution >= 0.6 is 0 Å². The molecule has 0 aliphatic rings. The van der Waals surface area contributed by atoms with Gasteiger partial charge in [-0.05, 0) is 55.9 Å². The van der Waals surface area contributed by atoms with Gasteiger partial charge < -0.3 is 10.2 Å². The number of hydrogen-bond donors (Lipinski definition) is 1. The molecular formula is C28H41N3O4S. The van der Waals surface area contributed by atoms with Gasteiger partial charge in [0.1, 0.15) is 12.6 Å². The van der Waals surface area contributed by atoms with Gasteiger partial charge in [-0.25, -0.2) is 8.42 Å². The van der Waals surface area contributed by atoms with Crippen molar-refractivity contribution in [1.82, 2.24) is 10.2 Å². The summed E-state index contributed by atoms with van der Waals surface area (Å²) in [6, 6.07) is 14.2. The lowest BCUT2D eigenvalue weighted by Gasteiger charge is -2.33. The molecule has 0 aromatic heterocycles. The Morgan fingerprint density at radius 1 is 0.972 bits per heavy atom. The van der Waals surface area contributed by atoms with Crippen molar-refractivity contribution in [3.05, 3.63) is 65.2 Å². The van der Waals surface area contributed by atoms with Crippen LogP contribution in [0.1, 0.15) is 70.1 Å². The molecule has 36 heavy (non-hydrogen) atoms. The van der Waals surface area contributed by atoms with Crippen LogP contribution in [0, 0.1) is 6.92 Å². The molecule has 2 aromatic carbocycles. The Bertz CT molecular complexity index is 1130. The maximum absolute atomic E-state index is 13.7. The Balaban J connectivity index is 2.44. The van der Waals surface area contributed by atoms with Crippen molar-refractivity contribution < 1.29 is 18.0 Å². The fraction of sp³-hybridized carbons (Fsp3) is 0.500. The average Bonchev–Trinajstić information content (AvgIpc) is 2.81. The molecule has 0 saturated heterocycles. The maximum Gasteiger partial charge on any atom is 0.244 e. The quantitative estimate of drug-likeness (QED) is 0.447. The average molecular weight is 516 g/mol. The molecule has 0 fully saturated rings. The van der Waals surface area contributed by atoms with Gasteiger partial charge in [0.2, 0.25) is 21.8 Å². The van der Waals surface area contributed by atoms with E-state index in [-0.39, 0.29) is 18.5 Å². The van der Waals surface area contributed by atoms with Crippen LogP contribution in [-0.2, 0) is 26.2 Å². The van der Waals surface area contributed by atoms with Gasteiger partial charge in [0.15, 0.2) is 0 Å².